The molecule has 2 aromatic rings. The number of halogens is 1. The van der Waals surface area contributed by atoms with Gasteiger partial charge in [-0.1, -0.05) is 57.9 Å². The fraction of sp³-hybridized carbons (Fsp3) is 0.333. The van der Waals surface area contributed by atoms with E-state index in [1.54, 1.807) is 0 Å². The molecule has 20 heavy (non-hydrogen) atoms. The summed E-state index contributed by atoms with van der Waals surface area (Å²) in [6, 6.07) is 18.0. The molecule has 1 N–H and O–H groups in total. The fourth-order valence-electron chi connectivity index (χ4n) is 2.59. The Morgan fingerprint density at radius 1 is 1.05 bits per heavy atom. The minimum Gasteiger partial charge on any atom is -0.306 e. The van der Waals surface area contributed by atoms with Crippen LogP contribution in [0.1, 0.15) is 35.6 Å². The molecule has 0 saturated heterocycles. The van der Waals surface area contributed by atoms with Crippen molar-refractivity contribution in [1.29, 1.82) is 0 Å². The summed E-state index contributed by atoms with van der Waals surface area (Å²) in [5.74, 6) is 0.813. The van der Waals surface area contributed by atoms with E-state index in [1.165, 1.54) is 29.5 Å². The van der Waals surface area contributed by atoms with Gasteiger partial charge in [-0.3, -0.25) is 0 Å². The van der Waals surface area contributed by atoms with Crippen LogP contribution in [-0.2, 0) is 6.54 Å². The van der Waals surface area contributed by atoms with Crippen molar-refractivity contribution in [3.05, 3.63) is 69.7 Å². The largest absolute Gasteiger partial charge is 0.306 e. The highest BCUT2D eigenvalue weighted by Crippen LogP contribution is 2.41. The van der Waals surface area contributed by atoms with Crippen LogP contribution in [0.4, 0.5) is 0 Å². The van der Waals surface area contributed by atoms with Gasteiger partial charge < -0.3 is 5.32 Å². The van der Waals surface area contributed by atoms with Gasteiger partial charge in [-0.05, 0) is 48.9 Å². The van der Waals surface area contributed by atoms with Crippen LogP contribution < -0.4 is 5.32 Å². The maximum atomic E-state index is 3.74. The first kappa shape index (κ1) is 13.8. The first-order chi connectivity index (χ1) is 9.72. The van der Waals surface area contributed by atoms with Gasteiger partial charge in [0.2, 0.25) is 0 Å². The van der Waals surface area contributed by atoms with E-state index in [1.807, 2.05) is 0 Å². The molecule has 0 amide bonds. The molecular formula is C18H20BrN. The lowest BCUT2D eigenvalue weighted by molar-refractivity contribution is 0.480. The lowest BCUT2D eigenvalue weighted by Crippen LogP contribution is -2.22. The summed E-state index contributed by atoms with van der Waals surface area (Å²) < 4.78 is 1.14. The van der Waals surface area contributed by atoms with Crippen LogP contribution in [0.15, 0.2) is 53.0 Å². The fourth-order valence-corrected chi connectivity index (χ4v) is 2.85. The van der Waals surface area contributed by atoms with Crippen molar-refractivity contribution in [3.63, 3.8) is 0 Å². The Kier molecular flexibility index (Phi) is 4.23. The van der Waals surface area contributed by atoms with Crippen LogP contribution in [0, 0.1) is 12.8 Å². The van der Waals surface area contributed by atoms with Gasteiger partial charge >= 0.3 is 0 Å². The maximum Gasteiger partial charge on any atom is 0.0351 e. The summed E-state index contributed by atoms with van der Waals surface area (Å²) >= 11 is 3.48. The van der Waals surface area contributed by atoms with E-state index < -0.39 is 0 Å². The van der Waals surface area contributed by atoms with Gasteiger partial charge in [0, 0.05) is 17.1 Å². The van der Waals surface area contributed by atoms with Gasteiger partial charge in [-0.25, -0.2) is 0 Å². The van der Waals surface area contributed by atoms with E-state index in [2.05, 4.69) is 76.7 Å². The number of aryl methyl sites for hydroxylation is 1. The van der Waals surface area contributed by atoms with Crippen molar-refractivity contribution < 1.29 is 0 Å². The molecule has 1 atom stereocenters. The Labute approximate surface area is 129 Å². The van der Waals surface area contributed by atoms with Gasteiger partial charge in [0.25, 0.3) is 0 Å². The molecule has 1 saturated carbocycles. The second-order valence-electron chi connectivity index (χ2n) is 5.73. The topological polar surface area (TPSA) is 12.0 Å². The molecule has 0 heterocycles. The number of nitrogens with one attached hydrogen (secondary N) is 1. The van der Waals surface area contributed by atoms with Crippen LogP contribution in [0.25, 0.3) is 0 Å². The third kappa shape index (κ3) is 3.50. The molecule has 1 aliphatic carbocycles. The predicted octanol–water partition coefficient (Wildman–Crippen LogP) is 5.00. The SMILES string of the molecule is Cc1ccc(C(NCc2ccc(Br)cc2)C2CC2)cc1. The highest BCUT2D eigenvalue weighted by atomic mass is 79.9. The second kappa shape index (κ2) is 6.11. The lowest BCUT2D eigenvalue weighted by Gasteiger charge is -2.19. The summed E-state index contributed by atoms with van der Waals surface area (Å²) in [5, 5.41) is 3.74. The van der Waals surface area contributed by atoms with E-state index in [-0.39, 0.29) is 0 Å². The molecule has 2 aromatic carbocycles. The highest BCUT2D eigenvalue weighted by Gasteiger charge is 2.31. The van der Waals surface area contributed by atoms with Crippen molar-refractivity contribution in [1.82, 2.24) is 5.32 Å². The van der Waals surface area contributed by atoms with Crippen molar-refractivity contribution in [2.45, 2.75) is 32.4 Å². The van der Waals surface area contributed by atoms with Crippen LogP contribution in [0.5, 0.6) is 0 Å². The molecule has 0 radical (unpaired) electrons. The monoisotopic (exact) mass is 329 g/mol. The quantitative estimate of drug-likeness (QED) is 0.814. The normalized spacial score (nSPS) is 16.1. The van der Waals surface area contributed by atoms with Gasteiger partial charge in [-0.15, -0.1) is 0 Å². The predicted molar refractivity (Wildman–Crippen MR) is 87.6 cm³/mol. The molecule has 0 bridgehead atoms. The van der Waals surface area contributed by atoms with Crippen LogP contribution in [0.2, 0.25) is 0 Å². The minimum absolute atomic E-state index is 0.499. The molecule has 1 aliphatic rings. The summed E-state index contributed by atoms with van der Waals surface area (Å²) in [4.78, 5) is 0. The molecule has 0 aromatic heterocycles. The zero-order valence-corrected chi connectivity index (χ0v) is 13.4. The third-order valence-corrected chi connectivity index (χ3v) is 4.50. The van der Waals surface area contributed by atoms with Gasteiger partial charge in [-0.2, -0.15) is 0 Å². The van der Waals surface area contributed by atoms with Gasteiger partial charge in [0.1, 0.15) is 0 Å². The Morgan fingerprint density at radius 3 is 2.30 bits per heavy atom. The molecule has 2 heteroatoms. The van der Waals surface area contributed by atoms with E-state index in [9.17, 15) is 0 Å². The summed E-state index contributed by atoms with van der Waals surface area (Å²) in [6.45, 7) is 3.08. The summed E-state index contributed by atoms with van der Waals surface area (Å²) in [6.07, 6.45) is 2.71. The second-order valence-corrected chi connectivity index (χ2v) is 6.65. The minimum atomic E-state index is 0.499. The van der Waals surface area contributed by atoms with E-state index in [0.29, 0.717) is 6.04 Å². The first-order valence-corrected chi connectivity index (χ1v) is 8.06. The average Bonchev–Trinajstić information content (AvgIpc) is 3.28. The Morgan fingerprint density at radius 2 is 1.70 bits per heavy atom. The van der Waals surface area contributed by atoms with Crippen molar-refractivity contribution in [3.8, 4) is 0 Å². The van der Waals surface area contributed by atoms with E-state index in [0.717, 1.165) is 16.9 Å². The average molecular weight is 330 g/mol. The molecule has 0 spiro atoms. The number of hydrogen-bond donors (Lipinski definition) is 1. The molecule has 1 unspecified atom stereocenters. The molecule has 104 valence electrons. The standard InChI is InChI=1S/C18H20BrN/c1-13-2-6-15(7-3-13)18(16-8-9-16)20-12-14-4-10-17(19)11-5-14/h2-7,10-11,16,18,20H,8-9,12H2,1H3. The van der Waals surface area contributed by atoms with Crippen molar-refractivity contribution in [2.75, 3.05) is 0 Å². The lowest BCUT2D eigenvalue weighted by atomic mass is 10.0. The highest BCUT2D eigenvalue weighted by molar-refractivity contribution is 9.10. The first-order valence-electron chi connectivity index (χ1n) is 7.27. The van der Waals surface area contributed by atoms with Gasteiger partial charge in [0.05, 0.1) is 0 Å². The Bertz CT molecular complexity index is 555. The zero-order valence-electron chi connectivity index (χ0n) is 11.8. The van der Waals surface area contributed by atoms with Crippen LogP contribution >= 0.6 is 15.9 Å². The molecule has 1 nitrogen and oxygen atoms in total. The molecule has 1 fully saturated rings. The molecule has 0 aliphatic heterocycles. The summed E-state index contributed by atoms with van der Waals surface area (Å²) in [7, 11) is 0. The van der Waals surface area contributed by atoms with Gasteiger partial charge in [0.15, 0.2) is 0 Å². The molecular weight excluding hydrogens is 310 g/mol. The smallest absolute Gasteiger partial charge is 0.0351 e. The molecule has 3 rings (SSSR count). The Hall–Kier alpha value is -1.12. The number of rotatable bonds is 5. The third-order valence-electron chi connectivity index (χ3n) is 3.97. The van der Waals surface area contributed by atoms with Crippen molar-refractivity contribution >= 4 is 15.9 Å². The zero-order chi connectivity index (χ0) is 13.9. The maximum absolute atomic E-state index is 3.74. The Balaban J connectivity index is 1.68. The number of hydrogen-bond acceptors (Lipinski definition) is 1. The van der Waals surface area contributed by atoms with E-state index >= 15 is 0 Å². The van der Waals surface area contributed by atoms with Crippen molar-refractivity contribution in [2.24, 2.45) is 5.92 Å². The van der Waals surface area contributed by atoms with E-state index in [4.69, 9.17) is 0 Å². The van der Waals surface area contributed by atoms with Crippen LogP contribution in [-0.4, -0.2) is 0 Å². The van der Waals surface area contributed by atoms with Crippen LogP contribution in [0.3, 0.4) is 0 Å². The number of benzene rings is 2. The summed E-state index contributed by atoms with van der Waals surface area (Å²) in [5.41, 5.74) is 4.09.